The zero-order chi connectivity index (χ0) is 13.3. The quantitative estimate of drug-likeness (QED) is 0.633. The van der Waals surface area contributed by atoms with Crippen LogP contribution in [0.25, 0.3) is 11.4 Å². The van der Waals surface area contributed by atoms with Gasteiger partial charge < -0.3 is 4.52 Å². The van der Waals surface area contributed by atoms with Gasteiger partial charge in [-0.15, -0.1) is 0 Å². The van der Waals surface area contributed by atoms with E-state index < -0.39 is 17.5 Å². The third-order valence-corrected chi connectivity index (χ3v) is 3.35. The Morgan fingerprint density at radius 3 is 2.44 bits per heavy atom. The van der Waals surface area contributed by atoms with Gasteiger partial charge in [0.05, 0.1) is 4.83 Å². The van der Waals surface area contributed by atoms with E-state index in [1.807, 2.05) is 6.92 Å². The van der Waals surface area contributed by atoms with Gasteiger partial charge in [-0.25, -0.2) is 13.2 Å². The van der Waals surface area contributed by atoms with Crippen LogP contribution in [0.1, 0.15) is 24.1 Å². The molecule has 0 fully saturated rings. The topological polar surface area (TPSA) is 38.9 Å². The van der Waals surface area contributed by atoms with Crippen molar-refractivity contribution in [2.24, 2.45) is 0 Å². The molecule has 1 unspecified atom stereocenters. The van der Waals surface area contributed by atoms with Gasteiger partial charge in [-0.3, -0.25) is 0 Å². The molecule has 0 N–H and O–H groups in total. The molecule has 3 nitrogen and oxygen atoms in total. The molecule has 0 saturated carbocycles. The first-order chi connectivity index (χ1) is 8.52. The lowest BCUT2D eigenvalue weighted by Gasteiger charge is -1.98. The van der Waals surface area contributed by atoms with Crippen LogP contribution in [0.3, 0.4) is 0 Å². The van der Waals surface area contributed by atoms with Crippen molar-refractivity contribution in [3.8, 4) is 11.4 Å². The molecule has 0 aliphatic rings. The van der Waals surface area contributed by atoms with E-state index in [4.69, 9.17) is 4.52 Å². The monoisotopic (exact) mass is 320 g/mol. The molecule has 2 aromatic rings. The first kappa shape index (κ1) is 13.1. The minimum Gasteiger partial charge on any atom is -0.338 e. The van der Waals surface area contributed by atoms with Crippen LogP contribution in [0.15, 0.2) is 16.7 Å². The maximum atomic E-state index is 13.0. The summed E-state index contributed by atoms with van der Waals surface area (Å²) in [5.41, 5.74) is 0.0252. The number of benzene rings is 1. The minimum atomic E-state index is -1.52. The summed E-state index contributed by atoms with van der Waals surface area (Å²) in [7, 11) is 0. The highest BCUT2D eigenvalue weighted by atomic mass is 79.9. The molecule has 0 aliphatic heterocycles. The molecule has 0 amide bonds. The molecule has 0 bridgehead atoms. The van der Waals surface area contributed by atoms with E-state index in [0.29, 0.717) is 12.3 Å². The lowest BCUT2D eigenvalue weighted by Crippen LogP contribution is -1.93. The van der Waals surface area contributed by atoms with E-state index in [0.717, 1.165) is 12.1 Å². The van der Waals surface area contributed by atoms with Gasteiger partial charge in [0.25, 0.3) is 0 Å². The Morgan fingerprint density at radius 2 is 1.89 bits per heavy atom. The second-order valence-electron chi connectivity index (χ2n) is 3.59. The fourth-order valence-corrected chi connectivity index (χ4v) is 1.52. The first-order valence-electron chi connectivity index (χ1n) is 5.15. The summed E-state index contributed by atoms with van der Waals surface area (Å²) in [5, 5.41) is 3.60. The molecule has 1 aromatic heterocycles. The molecule has 0 saturated heterocycles. The van der Waals surface area contributed by atoms with Crippen LogP contribution < -0.4 is 0 Å². The van der Waals surface area contributed by atoms with Crippen molar-refractivity contribution in [2.45, 2.75) is 18.2 Å². The predicted octanol–water partition coefficient (Wildman–Crippen LogP) is 4.00. The Labute approximate surface area is 109 Å². The van der Waals surface area contributed by atoms with Crippen LogP contribution in [-0.2, 0) is 0 Å². The number of halogens is 4. The summed E-state index contributed by atoms with van der Waals surface area (Å²) in [6, 6.07) is 1.64. The fraction of sp³-hybridized carbons (Fsp3) is 0.273. The largest absolute Gasteiger partial charge is 0.338 e. The third-order valence-electron chi connectivity index (χ3n) is 2.31. The molecule has 18 heavy (non-hydrogen) atoms. The normalized spacial score (nSPS) is 12.7. The van der Waals surface area contributed by atoms with Gasteiger partial charge in [0, 0.05) is 5.56 Å². The maximum absolute atomic E-state index is 13.0. The van der Waals surface area contributed by atoms with Crippen molar-refractivity contribution >= 4 is 15.9 Å². The Hall–Kier alpha value is -1.37. The Bertz CT molecular complexity index is 550. The van der Waals surface area contributed by atoms with Gasteiger partial charge in [-0.1, -0.05) is 28.0 Å². The number of rotatable bonds is 3. The van der Waals surface area contributed by atoms with Gasteiger partial charge in [-0.2, -0.15) is 4.98 Å². The van der Waals surface area contributed by atoms with E-state index in [-0.39, 0.29) is 16.2 Å². The van der Waals surface area contributed by atoms with E-state index in [1.165, 1.54) is 0 Å². The van der Waals surface area contributed by atoms with E-state index in [1.54, 1.807) is 0 Å². The van der Waals surface area contributed by atoms with Crippen LogP contribution in [0.5, 0.6) is 0 Å². The average Bonchev–Trinajstić information content (AvgIpc) is 2.84. The summed E-state index contributed by atoms with van der Waals surface area (Å²) in [4.78, 5) is 3.85. The molecule has 96 valence electrons. The van der Waals surface area contributed by atoms with Gasteiger partial charge in [0.1, 0.15) is 0 Å². The Kier molecular flexibility index (Phi) is 3.70. The summed E-state index contributed by atoms with van der Waals surface area (Å²) >= 11 is 3.31. The van der Waals surface area contributed by atoms with Gasteiger partial charge in [0.2, 0.25) is 11.7 Å². The highest BCUT2D eigenvalue weighted by Gasteiger charge is 2.18. The summed E-state index contributed by atoms with van der Waals surface area (Å²) in [6.07, 6.45) is 0.716. The first-order valence-corrected chi connectivity index (χ1v) is 6.07. The summed E-state index contributed by atoms with van der Waals surface area (Å²) in [6.45, 7) is 1.90. The van der Waals surface area contributed by atoms with Crippen LogP contribution in [0.4, 0.5) is 13.2 Å². The van der Waals surface area contributed by atoms with Crippen LogP contribution in [0.2, 0.25) is 0 Å². The summed E-state index contributed by atoms with van der Waals surface area (Å²) < 4.78 is 43.8. The highest BCUT2D eigenvalue weighted by molar-refractivity contribution is 9.09. The zero-order valence-electron chi connectivity index (χ0n) is 9.25. The van der Waals surface area contributed by atoms with Crippen molar-refractivity contribution in [3.63, 3.8) is 0 Å². The average molecular weight is 321 g/mol. The highest BCUT2D eigenvalue weighted by Crippen LogP contribution is 2.27. The number of aromatic nitrogens is 2. The summed E-state index contributed by atoms with van der Waals surface area (Å²) in [5.74, 6) is -3.78. The molecule has 7 heteroatoms. The molecule has 0 aliphatic carbocycles. The SMILES string of the molecule is CCC(Br)c1nc(-c2cc(F)c(F)c(F)c2)no1. The number of hydrogen-bond acceptors (Lipinski definition) is 3. The lowest BCUT2D eigenvalue weighted by atomic mass is 10.2. The Morgan fingerprint density at radius 1 is 1.28 bits per heavy atom. The second kappa shape index (κ2) is 5.09. The van der Waals surface area contributed by atoms with Gasteiger partial charge >= 0.3 is 0 Å². The van der Waals surface area contributed by atoms with Crippen LogP contribution in [0, 0.1) is 17.5 Å². The van der Waals surface area contributed by atoms with E-state index in [2.05, 4.69) is 26.1 Å². The van der Waals surface area contributed by atoms with Crippen molar-refractivity contribution in [2.75, 3.05) is 0 Å². The minimum absolute atomic E-state index is 0.0145. The number of alkyl halides is 1. The van der Waals surface area contributed by atoms with Crippen molar-refractivity contribution in [1.82, 2.24) is 10.1 Å². The fourth-order valence-electron chi connectivity index (χ4n) is 1.34. The Balaban J connectivity index is 2.40. The third kappa shape index (κ3) is 2.40. The van der Waals surface area contributed by atoms with Crippen molar-refractivity contribution < 1.29 is 17.7 Å². The predicted molar refractivity (Wildman–Crippen MR) is 61.6 cm³/mol. The molecular weight excluding hydrogens is 313 g/mol. The smallest absolute Gasteiger partial charge is 0.240 e. The molecule has 1 heterocycles. The van der Waals surface area contributed by atoms with Gasteiger partial charge in [-0.05, 0) is 18.6 Å². The standard InChI is InChI=1S/C11H8BrF3N2O/c1-2-6(12)11-16-10(17-18-11)5-3-7(13)9(15)8(14)4-5/h3-4,6H,2H2,1H3. The molecule has 0 spiro atoms. The second-order valence-corrected chi connectivity index (χ2v) is 4.69. The van der Waals surface area contributed by atoms with E-state index >= 15 is 0 Å². The van der Waals surface area contributed by atoms with Gasteiger partial charge in [0.15, 0.2) is 17.5 Å². The molecule has 2 rings (SSSR count). The lowest BCUT2D eigenvalue weighted by molar-refractivity contribution is 0.376. The van der Waals surface area contributed by atoms with Crippen LogP contribution in [-0.4, -0.2) is 10.1 Å². The van der Waals surface area contributed by atoms with E-state index in [9.17, 15) is 13.2 Å². The molecule has 0 radical (unpaired) electrons. The molecule has 1 atom stereocenters. The molecule has 1 aromatic carbocycles. The zero-order valence-corrected chi connectivity index (χ0v) is 10.8. The molecular formula is C11H8BrF3N2O. The van der Waals surface area contributed by atoms with Crippen molar-refractivity contribution in [1.29, 1.82) is 0 Å². The number of hydrogen-bond donors (Lipinski definition) is 0. The maximum Gasteiger partial charge on any atom is 0.240 e. The number of nitrogens with zero attached hydrogens (tertiary/aromatic N) is 2. The van der Waals surface area contributed by atoms with Crippen molar-refractivity contribution in [3.05, 3.63) is 35.5 Å². The van der Waals surface area contributed by atoms with Crippen LogP contribution >= 0.6 is 15.9 Å².